The normalized spacial score (nSPS) is 11.6. The van der Waals surface area contributed by atoms with E-state index < -0.39 is 4.92 Å². The second-order valence-corrected chi connectivity index (χ2v) is 9.81. The lowest BCUT2D eigenvalue weighted by Gasteiger charge is -2.30. The summed E-state index contributed by atoms with van der Waals surface area (Å²) in [5.41, 5.74) is 2.61. The van der Waals surface area contributed by atoms with E-state index in [9.17, 15) is 10.1 Å². The first-order chi connectivity index (χ1) is 16.6. The van der Waals surface area contributed by atoms with Crippen LogP contribution in [0.2, 0.25) is 10.0 Å². The van der Waals surface area contributed by atoms with Gasteiger partial charge in [0.25, 0.3) is 5.69 Å². The summed E-state index contributed by atoms with van der Waals surface area (Å²) in [5.74, 6) is 0.531. The van der Waals surface area contributed by atoms with Crippen molar-refractivity contribution in [3.05, 3.63) is 86.4 Å². The van der Waals surface area contributed by atoms with Crippen molar-refractivity contribution in [3.8, 4) is 5.75 Å². The number of benzene rings is 3. The third-order valence-corrected chi connectivity index (χ3v) is 5.83. The minimum atomic E-state index is -0.569. The van der Waals surface area contributed by atoms with Crippen LogP contribution in [0.1, 0.15) is 5.56 Å². The van der Waals surface area contributed by atoms with Gasteiger partial charge in [0.15, 0.2) is 0 Å². The molecule has 3 aromatic rings. The van der Waals surface area contributed by atoms with Gasteiger partial charge in [-0.2, -0.15) is 0 Å². The van der Waals surface area contributed by atoms with Crippen LogP contribution in [-0.4, -0.2) is 50.7 Å². The number of hydrogen-bond acceptors (Lipinski definition) is 6. The first kappa shape index (κ1) is 26.4. The molecule has 0 heterocycles. The number of azo groups is 1. The number of halogens is 2. The van der Waals surface area contributed by atoms with Crippen LogP contribution in [0.15, 0.2) is 70.9 Å². The fourth-order valence-electron chi connectivity index (χ4n) is 3.33. The maximum Gasteiger partial charge on any atom is 0.272 e. The lowest BCUT2D eigenvalue weighted by molar-refractivity contribution is -0.868. The number of ether oxygens (including phenoxy) is 1. The molecule has 35 heavy (non-hydrogen) atoms. The Balaban J connectivity index is 1.90. The van der Waals surface area contributed by atoms with Crippen molar-refractivity contribution in [1.82, 2.24) is 0 Å². The number of nitro groups is 1. The Bertz CT molecular complexity index is 1190. The molecule has 0 aliphatic heterocycles. The van der Waals surface area contributed by atoms with Gasteiger partial charge in [0.1, 0.15) is 17.1 Å². The molecule has 0 amide bonds. The third-order valence-electron chi connectivity index (χ3n) is 5.26. The van der Waals surface area contributed by atoms with E-state index in [1.54, 1.807) is 7.11 Å². The average molecular weight is 517 g/mol. The minimum absolute atomic E-state index is 0.0397. The van der Waals surface area contributed by atoms with Gasteiger partial charge >= 0.3 is 0 Å². The number of rotatable bonds is 10. The highest BCUT2D eigenvalue weighted by Gasteiger charge is 2.17. The van der Waals surface area contributed by atoms with Crippen LogP contribution in [-0.2, 0) is 6.54 Å². The summed E-state index contributed by atoms with van der Waals surface area (Å²) in [6.45, 7) is 2.54. The van der Waals surface area contributed by atoms with Crippen molar-refractivity contribution in [1.29, 1.82) is 0 Å². The standard InChI is InChI=1S/C25H28Cl2N5O3/c1-32(2,3)13-12-30(17-18-8-6-5-7-9-18)19-10-11-23(24(16-19)35-4)28-29-25-21(26)14-20(31(33)34)15-22(25)27/h5-11,14-16H,12-13,17H2,1-4H3/q+1. The zero-order valence-corrected chi connectivity index (χ0v) is 21.6. The molecule has 0 atom stereocenters. The SMILES string of the molecule is COc1cc(N(CC[N+](C)(C)C)Cc2ccccc2)ccc1N=Nc1c(Cl)cc([N+](=O)[O-])cc1Cl. The summed E-state index contributed by atoms with van der Waals surface area (Å²) < 4.78 is 6.43. The van der Waals surface area contributed by atoms with Crippen LogP contribution in [0.25, 0.3) is 0 Å². The summed E-state index contributed by atoms with van der Waals surface area (Å²) in [7, 11) is 8.06. The van der Waals surface area contributed by atoms with Crippen LogP contribution in [0.3, 0.4) is 0 Å². The molecule has 0 aliphatic rings. The largest absolute Gasteiger partial charge is 0.494 e. The molecule has 8 nitrogen and oxygen atoms in total. The first-order valence-electron chi connectivity index (χ1n) is 10.9. The summed E-state index contributed by atoms with van der Waals surface area (Å²) in [4.78, 5) is 12.7. The van der Waals surface area contributed by atoms with E-state index in [4.69, 9.17) is 27.9 Å². The number of hydrogen-bond donors (Lipinski definition) is 0. The molecular weight excluding hydrogens is 489 g/mol. The number of nitrogens with zero attached hydrogens (tertiary/aromatic N) is 5. The smallest absolute Gasteiger partial charge is 0.272 e. The molecular formula is C25H28Cl2N5O3+. The van der Waals surface area contributed by atoms with Crippen molar-refractivity contribution < 1.29 is 14.1 Å². The summed E-state index contributed by atoms with van der Waals surface area (Å²) in [5, 5.41) is 19.5. The fraction of sp³-hybridized carbons (Fsp3) is 0.280. The molecule has 0 unspecified atom stereocenters. The molecule has 3 aromatic carbocycles. The second kappa shape index (κ2) is 11.5. The predicted molar refractivity (Wildman–Crippen MR) is 141 cm³/mol. The molecule has 0 saturated heterocycles. The van der Waals surface area contributed by atoms with Crippen molar-refractivity contribution in [3.63, 3.8) is 0 Å². The van der Waals surface area contributed by atoms with Crippen molar-refractivity contribution in [2.45, 2.75) is 6.54 Å². The molecule has 3 rings (SSSR count). The van der Waals surface area contributed by atoms with E-state index >= 15 is 0 Å². The Labute approximate surface area is 215 Å². The molecule has 0 aromatic heterocycles. The Kier molecular flexibility index (Phi) is 8.67. The molecule has 0 N–H and O–H groups in total. The maximum absolute atomic E-state index is 11.0. The van der Waals surface area contributed by atoms with Gasteiger partial charge in [-0.3, -0.25) is 10.1 Å². The average Bonchev–Trinajstić information content (AvgIpc) is 2.81. The highest BCUT2D eigenvalue weighted by molar-refractivity contribution is 6.39. The van der Waals surface area contributed by atoms with E-state index in [-0.39, 0.29) is 21.4 Å². The van der Waals surface area contributed by atoms with Crippen LogP contribution >= 0.6 is 23.2 Å². The minimum Gasteiger partial charge on any atom is -0.494 e. The van der Waals surface area contributed by atoms with Crippen molar-refractivity contribution >= 4 is 46.0 Å². The molecule has 0 aliphatic carbocycles. The lowest BCUT2D eigenvalue weighted by atomic mass is 10.1. The van der Waals surface area contributed by atoms with E-state index in [0.29, 0.717) is 11.4 Å². The zero-order valence-electron chi connectivity index (χ0n) is 20.1. The Morgan fingerprint density at radius 2 is 1.66 bits per heavy atom. The topological polar surface area (TPSA) is 80.3 Å². The van der Waals surface area contributed by atoms with Gasteiger partial charge in [-0.25, -0.2) is 0 Å². The first-order valence-corrected chi connectivity index (χ1v) is 11.7. The molecule has 0 saturated carbocycles. The summed E-state index contributed by atoms with van der Waals surface area (Å²) in [6.07, 6.45) is 0. The van der Waals surface area contributed by atoms with Crippen LogP contribution < -0.4 is 9.64 Å². The number of non-ortho nitro benzene ring substituents is 1. The van der Waals surface area contributed by atoms with Crippen LogP contribution in [0, 0.1) is 10.1 Å². The lowest BCUT2D eigenvalue weighted by Crippen LogP contribution is -2.42. The molecule has 0 spiro atoms. The monoisotopic (exact) mass is 516 g/mol. The van der Waals surface area contributed by atoms with E-state index in [0.717, 1.165) is 29.8 Å². The Hall–Kier alpha value is -3.20. The second-order valence-electron chi connectivity index (χ2n) is 8.99. The van der Waals surface area contributed by atoms with Crippen LogP contribution in [0.4, 0.5) is 22.7 Å². The molecule has 184 valence electrons. The highest BCUT2D eigenvalue weighted by atomic mass is 35.5. The van der Waals surface area contributed by atoms with Gasteiger partial charge in [0, 0.05) is 30.4 Å². The predicted octanol–water partition coefficient (Wildman–Crippen LogP) is 7.04. The third kappa shape index (κ3) is 7.39. The maximum atomic E-state index is 11.0. The zero-order chi connectivity index (χ0) is 25.6. The Morgan fingerprint density at radius 3 is 2.23 bits per heavy atom. The van der Waals surface area contributed by atoms with E-state index in [1.807, 2.05) is 36.4 Å². The number of likely N-dealkylation sites (N-methyl/N-ethyl adjacent to an activating group) is 1. The van der Waals surface area contributed by atoms with Gasteiger partial charge in [0.05, 0.1) is 56.3 Å². The quantitative estimate of drug-likeness (QED) is 0.125. The van der Waals surface area contributed by atoms with Gasteiger partial charge in [-0.05, 0) is 17.7 Å². The molecule has 10 heteroatoms. The number of quaternary nitrogens is 1. The van der Waals surface area contributed by atoms with Gasteiger partial charge < -0.3 is 14.1 Å². The molecule has 0 fully saturated rings. The fourth-order valence-corrected chi connectivity index (χ4v) is 3.88. The van der Waals surface area contributed by atoms with Crippen molar-refractivity contribution in [2.24, 2.45) is 10.2 Å². The highest BCUT2D eigenvalue weighted by Crippen LogP contribution is 2.39. The van der Waals surface area contributed by atoms with Gasteiger partial charge in [-0.15, -0.1) is 10.2 Å². The molecule has 0 bridgehead atoms. The van der Waals surface area contributed by atoms with Crippen molar-refractivity contribution in [2.75, 3.05) is 46.2 Å². The summed E-state index contributed by atoms with van der Waals surface area (Å²) in [6, 6.07) is 18.4. The number of methoxy groups -OCH3 is 1. The van der Waals surface area contributed by atoms with E-state index in [2.05, 4.69) is 48.4 Å². The Morgan fingerprint density at radius 1 is 1.00 bits per heavy atom. The van der Waals surface area contributed by atoms with Gasteiger partial charge in [-0.1, -0.05) is 53.5 Å². The number of nitro benzene ring substituents is 1. The summed E-state index contributed by atoms with van der Waals surface area (Å²) >= 11 is 12.3. The van der Waals surface area contributed by atoms with Crippen LogP contribution in [0.5, 0.6) is 5.75 Å². The van der Waals surface area contributed by atoms with Gasteiger partial charge in [0.2, 0.25) is 0 Å². The molecule has 0 radical (unpaired) electrons. The number of anilines is 1. The van der Waals surface area contributed by atoms with E-state index in [1.165, 1.54) is 17.7 Å².